The van der Waals surface area contributed by atoms with Crippen molar-refractivity contribution in [2.45, 2.75) is 39.7 Å². The third kappa shape index (κ3) is 4.01. The van der Waals surface area contributed by atoms with Crippen LogP contribution in [0.3, 0.4) is 0 Å². The summed E-state index contributed by atoms with van der Waals surface area (Å²) in [6, 6.07) is 15.0. The molecule has 2 aromatic carbocycles. The van der Waals surface area contributed by atoms with Gasteiger partial charge in [-0.05, 0) is 41.2 Å². The molecule has 2 heteroatoms. The van der Waals surface area contributed by atoms with Gasteiger partial charge >= 0.3 is 0 Å². The van der Waals surface area contributed by atoms with E-state index in [1.165, 1.54) is 16.7 Å². The second-order valence-electron chi connectivity index (χ2n) is 6.50. The van der Waals surface area contributed by atoms with Gasteiger partial charge in [-0.1, -0.05) is 51.1 Å². The average Bonchev–Trinajstić information content (AvgIpc) is 2.45. The fourth-order valence-corrected chi connectivity index (χ4v) is 2.28. The Morgan fingerprint density at radius 2 is 1.67 bits per heavy atom. The van der Waals surface area contributed by atoms with E-state index in [2.05, 4.69) is 69.4 Å². The van der Waals surface area contributed by atoms with E-state index in [9.17, 15) is 0 Å². The zero-order valence-electron chi connectivity index (χ0n) is 13.7. The summed E-state index contributed by atoms with van der Waals surface area (Å²) in [5, 5.41) is 3.45. The number of hydrogen-bond donors (Lipinski definition) is 1. The number of ether oxygens (including phenoxy) is 1. The number of nitrogens with one attached hydrogen (secondary N) is 1. The summed E-state index contributed by atoms with van der Waals surface area (Å²) in [7, 11) is 1.70. The monoisotopic (exact) mass is 283 g/mol. The molecule has 0 aliphatic heterocycles. The van der Waals surface area contributed by atoms with Crippen LogP contribution in [0.1, 0.15) is 37.5 Å². The topological polar surface area (TPSA) is 21.3 Å². The molecular formula is C19H25NO. The number of aryl methyl sites for hydroxylation is 1. The van der Waals surface area contributed by atoms with Gasteiger partial charge in [-0.2, -0.15) is 0 Å². The molecule has 0 saturated carbocycles. The summed E-state index contributed by atoms with van der Waals surface area (Å²) in [6.07, 6.45) is 0. The molecule has 112 valence electrons. The van der Waals surface area contributed by atoms with Crippen molar-refractivity contribution in [3.63, 3.8) is 0 Å². The number of anilines is 1. The van der Waals surface area contributed by atoms with Crippen molar-refractivity contribution in [3.05, 3.63) is 59.2 Å². The first-order valence-electron chi connectivity index (χ1n) is 7.38. The molecule has 21 heavy (non-hydrogen) atoms. The molecule has 0 aliphatic rings. The normalized spacial score (nSPS) is 11.3. The summed E-state index contributed by atoms with van der Waals surface area (Å²) in [6.45, 7) is 9.58. The van der Waals surface area contributed by atoms with Crippen molar-refractivity contribution in [3.8, 4) is 5.75 Å². The van der Waals surface area contributed by atoms with Crippen molar-refractivity contribution in [1.82, 2.24) is 0 Å². The van der Waals surface area contributed by atoms with Gasteiger partial charge in [-0.15, -0.1) is 0 Å². The number of benzene rings is 2. The summed E-state index contributed by atoms with van der Waals surface area (Å²) in [5.41, 5.74) is 5.09. The van der Waals surface area contributed by atoms with Crippen LogP contribution in [0.25, 0.3) is 0 Å². The Morgan fingerprint density at radius 1 is 1.00 bits per heavy atom. The van der Waals surface area contributed by atoms with Gasteiger partial charge in [0.1, 0.15) is 5.75 Å². The van der Waals surface area contributed by atoms with Gasteiger partial charge in [-0.3, -0.25) is 0 Å². The first-order chi connectivity index (χ1) is 9.90. The molecule has 0 atom stereocenters. The minimum atomic E-state index is 0.200. The summed E-state index contributed by atoms with van der Waals surface area (Å²) in [4.78, 5) is 0. The third-order valence-corrected chi connectivity index (χ3v) is 3.66. The minimum Gasteiger partial charge on any atom is -0.495 e. The first-order valence-corrected chi connectivity index (χ1v) is 7.38. The number of hydrogen-bond acceptors (Lipinski definition) is 2. The van der Waals surface area contributed by atoms with Gasteiger partial charge in [0, 0.05) is 6.54 Å². The van der Waals surface area contributed by atoms with Gasteiger partial charge in [0.15, 0.2) is 0 Å². The van der Waals surface area contributed by atoms with E-state index in [1.807, 2.05) is 6.07 Å². The highest BCUT2D eigenvalue weighted by atomic mass is 16.5. The van der Waals surface area contributed by atoms with Crippen molar-refractivity contribution in [1.29, 1.82) is 0 Å². The highest BCUT2D eigenvalue weighted by Gasteiger charge is 2.12. The zero-order valence-corrected chi connectivity index (χ0v) is 13.7. The fraction of sp³-hybridized carbons (Fsp3) is 0.368. The van der Waals surface area contributed by atoms with Crippen molar-refractivity contribution in [2.24, 2.45) is 0 Å². The van der Waals surface area contributed by atoms with Crippen molar-refractivity contribution >= 4 is 5.69 Å². The van der Waals surface area contributed by atoms with Gasteiger partial charge in [-0.25, -0.2) is 0 Å². The average molecular weight is 283 g/mol. The lowest BCUT2D eigenvalue weighted by atomic mass is 9.87. The summed E-state index contributed by atoms with van der Waals surface area (Å²) in [5.74, 6) is 0.881. The van der Waals surface area contributed by atoms with E-state index in [0.29, 0.717) is 0 Å². The van der Waals surface area contributed by atoms with E-state index >= 15 is 0 Å². The summed E-state index contributed by atoms with van der Waals surface area (Å²) >= 11 is 0. The molecular weight excluding hydrogens is 258 g/mol. The van der Waals surface area contributed by atoms with E-state index < -0.39 is 0 Å². The Kier molecular flexibility index (Phi) is 4.56. The van der Waals surface area contributed by atoms with E-state index in [4.69, 9.17) is 4.74 Å². The first kappa shape index (κ1) is 15.4. The second-order valence-corrected chi connectivity index (χ2v) is 6.50. The van der Waals surface area contributed by atoms with Crippen LogP contribution in [0.5, 0.6) is 5.75 Å². The molecule has 1 N–H and O–H groups in total. The van der Waals surface area contributed by atoms with Crippen LogP contribution >= 0.6 is 0 Å². The minimum absolute atomic E-state index is 0.200. The highest BCUT2D eigenvalue weighted by molar-refractivity contribution is 5.58. The van der Waals surface area contributed by atoms with Gasteiger partial charge in [0.25, 0.3) is 0 Å². The Hall–Kier alpha value is -1.96. The Labute approximate surface area is 128 Å². The molecule has 2 rings (SSSR count). The molecule has 0 aliphatic carbocycles. The number of methoxy groups -OCH3 is 1. The van der Waals surface area contributed by atoms with Crippen molar-refractivity contribution < 1.29 is 4.74 Å². The molecule has 0 unspecified atom stereocenters. The standard InChI is InChI=1S/C19H25NO/c1-14-6-11-18(21-5)17(12-14)20-13-15-7-9-16(10-8-15)19(2,3)4/h6-12,20H,13H2,1-5H3. The molecule has 0 amide bonds. The Bertz CT molecular complexity index is 594. The lowest BCUT2D eigenvalue weighted by Gasteiger charge is -2.19. The fourth-order valence-electron chi connectivity index (χ4n) is 2.28. The van der Waals surface area contributed by atoms with E-state index in [-0.39, 0.29) is 5.41 Å². The number of rotatable bonds is 4. The van der Waals surface area contributed by atoms with Crippen LogP contribution in [0, 0.1) is 6.92 Å². The molecule has 0 heterocycles. The van der Waals surface area contributed by atoms with E-state index in [0.717, 1.165) is 18.0 Å². The molecule has 0 bridgehead atoms. The quantitative estimate of drug-likeness (QED) is 0.860. The van der Waals surface area contributed by atoms with Crippen LogP contribution in [0.15, 0.2) is 42.5 Å². The lowest BCUT2D eigenvalue weighted by Crippen LogP contribution is -2.11. The maximum Gasteiger partial charge on any atom is 0.141 e. The predicted octanol–water partition coefficient (Wildman–Crippen LogP) is 4.91. The van der Waals surface area contributed by atoms with Gasteiger partial charge in [0.2, 0.25) is 0 Å². The van der Waals surface area contributed by atoms with E-state index in [1.54, 1.807) is 7.11 Å². The highest BCUT2D eigenvalue weighted by Crippen LogP contribution is 2.26. The molecule has 0 fully saturated rings. The third-order valence-electron chi connectivity index (χ3n) is 3.66. The van der Waals surface area contributed by atoms with Crippen LogP contribution < -0.4 is 10.1 Å². The Balaban J connectivity index is 2.08. The maximum atomic E-state index is 5.39. The summed E-state index contributed by atoms with van der Waals surface area (Å²) < 4.78 is 5.39. The molecule has 0 saturated heterocycles. The van der Waals surface area contributed by atoms with Gasteiger partial charge < -0.3 is 10.1 Å². The maximum absolute atomic E-state index is 5.39. The van der Waals surface area contributed by atoms with Crippen LogP contribution in [-0.2, 0) is 12.0 Å². The molecule has 2 nitrogen and oxygen atoms in total. The SMILES string of the molecule is COc1ccc(C)cc1NCc1ccc(C(C)(C)C)cc1. The van der Waals surface area contributed by atoms with Crippen molar-refractivity contribution in [2.75, 3.05) is 12.4 Å². The molecule has 2 aromatic rings. The van der Waals surface area contributed by atoms with Crippen LogP contribution in [0.4, 0.5) is 5.69 Å². The molecule has 0 spiro atoms. The largest absolute Gasteiger partial charge is 0.495 e. The smallest absolute Gasteiger partial charge is 0.141 e. The van der Waals surface area contributed by atoms with Crippen LogP contribution in [0.2, 0.25) is 0 Å². The Morgan fingerprint density at radius 3 is 2.24 bits per heavy atom. The second kappa shape index (κ2) is 6.21. The van der Waals surface area contributed by atoms with Crippen LogP contribution in [-0.4, -0.2) is 7.11 Å². The lowest BCUT2D eigenvalue weighted by molar-refractivity contribution is 0.416. The van der Waals surface area contributed by atoms with Gasteiger partial charge in [0.05, 0.1) is 12.8 Å². The predicted molar refractivity (Wildman–Crippen MR) is 90.2 cm³/mol. The molecule has 0 aromatic heterocycles. The zero-order chi connectivity index (χ0) is 15.5. The molecule has 0 radical (unpaired) electrons.